The molecular formula is C14H28N2O2. The van der Waals surface area contributed by atoms with Crippen LogP contribution in [0.15, 0.2) is 0 Å². The Morgan fingerprint density at radius 2 is 1.89 bits per heavy atom. The monoisotopic (exact) mass is 256 g/mol. The smallest absolute Gasteiger partial charge is 0.237 e. The van der Waals surface area contributed by atoms with Gasteiger partial charge in [0.15, 0.2) is 0 Å². The summed E-state index contributed by atoms with van der Waals surface area (Å²) >= 11 is 0. The molecule has 1 atom stereocenters. The highest BCUT2D eigenvalue weighted by molar-refractivity contribution is 5.82. The van der Waals surface area contributed by atoms with Crippen molar-refractivity contribution in [1.29, 1.82) is 0 Å². The average Bonchev–Trinajstić information content (AvgIpc) is 2.35. The summed E-state index contributed by atoms with van der Waals surface area (Å²) in [5.74, 6) is -0.110. The van der Waals surface area contributed by atoms with Crippen LogP contribution in [-0.2, 0) is 4.79 Å². The van der Waals surface area contributed by atoms with Crippen molar-refractivity contribution in [3.63, 3.8) is 0 Å². The zero-order chi connectivity index (χ0) is 13.8. The van der Waals surface area contributed by atoms with Crippen LogP contribution < -0.4 is 11.1 Å². The Bertz CT molecular complexity index is 278. The average molecular weight is 256 g/mol. The predicted molar refractivity (Wildman–Crippen MR) is 73.0 cm³/mol. The van der Waals surface area contributed by atoms with Crippen molar-refractivity contribution >= 4 is 5.91 Å². The van der Waals surface area contributed by atoms with Crippen LogP contribution >= 0.6 is 0 Å². The van der Waals surface area contributed by atoms with Crippen LogP contribution in [0.3, 0.4) is 0 Å². The van der Waals surface area contributed by atoms with Crippen molar-refractivity contribution < 1.29 is 9.90 Å². The van der Waals surface area contributed by atoms with Crippen molar-refractivity contribution in [3.8, 4) is 0 Å². The van der Waals surface area contributed by atoms with E-state index in [2.05, 4.69) is 5.32 Å². The number of rotatable bonds is 4. The Hall–Kier alpha value is -0.610. The second-order valence-corrected chi connectivity index (χ2v) is 6.78. The molecule has 0 heterocycles. The molecule has 4 N–H and O–H groups in total. The first-order chi connectivity index (χ1) is 8.31. The van der Waals surface area contributed by atoms with Crippen molar-refractivity contribution in [2.75, 3.05) is 13.2 Å². The third-order valence-corrected chi connectivity index (χ3v) is 4.10. The lowest BCUT2D eigenvalue weighted by atomic mass is 9.74. The maximum absolute atomic E-state index is 12.0. The van der Waals surface area contributed by atoms with Gasteiger partial charge in [-0.25, -0.2) is 0 Å². The number of aliphatic hydroxyl groups is 1. The SMILES string of the molecule is CC(C)(C)C(N)C(=O)NCC1(CO)CCCCC1. The lowest BCUT2D eigenvalue weighted by Crippen LogP contribution is -2.51. The molecule has 1 unspecified atom stereocenters. The van der Waals surface area contributed by atoms with E-state index in [0.29, 0.717) is 6.54 Å². The summed E-state index contributed by atoms with van der Waals surface area (Å²) in [4.78, 5) is 12.0. The van der Waals surface area contributed by atoms with Gasteiger partial charge in [-0.05, 0) is 18.3 Å². The number of carbonyl (C=O) groups excluding carboxylic acids is 1. The van der Waals surface area contributed by atoms with Crippen LogP contribution in [0.1, 0.15) is 52.9 Å². The summed E-state index contributed by atoms with van der Waals surface area (Å²) < 4.78 is 0. The van der Waals surface area contributed by atoms with Crippen molar-refractivity contribution in [2.45, 2.75) is 58.9 Å². The van der Waals surface area contributed by atoms with Crippen LogP contribution in [0, 0.1) is 10.8 Å². The van der Waals surface area contributed by atoms with E-state index in [1.54, 1.807) is 0 Å². The molecule has 0 spiro atoms. The van der Waals surface area contributed by atoms with Gasteiger partial charge in [-0.2, -0.15) is 0 Å². The number of hydrogen-bond donors (Lipinski definition) is 3. The molecule has 1 amide bonds. The second-order valence-electron chi connectivity index (χ2n) is 6.78. The molecule has 1 rings (SSSR count). The lowest BCUT2D eigenvalue weighted by Gasteiger charge is -2.36. The molecule has 4 heteroatoms. The van der Waals surface area contributed by atoms with E-state index in [9.17, 15) is 9.90 Å². The predicted octanol–water partition coefficient (Wildman–Crippen LogP) is 1.42. The van der Waals surface area contributed by atoms with Gasteiger partial charge in [0.05, 0.1) is 12.6 Å². The molecule has 1 saturated carbocycles. The Morgan fingerprint density at radius 3 is 2.33 bits per heavy atom. The van der Waals surface area contributed by atoms with Gasteiger partial charge in [0, 0.05) is 12.0 Å². The summed E-state index contributed by atoms with van der Waals surface area (Å²) in [6.45, 7) is 6.57. The van der Waals surface area contributed by atoms with E-state index in [0.717, 1.165) is 25.7 Å². The van der Waals surface area contributed by atoms with Gasteiger partial charge in [0.25, 0.3) is 0 Å². The van der Waals surface area contributed by atoms with Gasteiger partial charge in [-0.1, -0.05) is 40.0 Å². The number of carbonyl (C=O) groups is 1. The van der Waals surface area contributed by atoms with E-state index in [1.165, 1.54) is 6.42 Å². The first-order valence-electron chi connectivity index (χ1n) is 6.95. The van der Waals surface area contributed by atoms with Gasteiger partial charge < -0.3 is 16.2 Å². The molecule has 1 aliphatic carbocycles. The summed E-state index contributed by atoms with van der Waals surface area (Å²) in [6, 6.07) is -0.503. The van der Waals surface area contributed by atoms with E-state index in [1.807, 2.05) is 20.8 Å². The summed E-state index contributed by atoms with van der Waals surface area (Å²) in [6.07, 6.45) is 5.50. The van der Waals surface area contributed by atoms with Crippen LogP contribution in [-0.4, -0.2) is 30.2 Å². The molecule has 0 aromatic heterocycles. The minimum atomic E-state index is -0.503. The first-order valence-corrected chi connectivity index (χ1v) is 6.95. The highest BCUT2D eigenvalue weighted by Crippen LogP contribution is 2.35. The lowest BCUT2D eigenvalue weighted by molar-refractivity contribution is -0.125. The number of nitrogens with two attached hydrogens (primary N) is 1. The molecule has 4 nitrogen and oxygen atoms in total. The van der Waals surface area contributed by atoms with E-state index < -0.39 is 6.04 Å². The minimum absolute atomic E-state index is 0.110. The molecule has 0 saturated heterocycles. The maximum atomic E-state index is 12.0. The van der Waals surface area contributed by atoms with Crippen LogP contribution in [0.25, 0.3) is 0 Å². The van der Waals surface area contributed by atoms with Gasteiger partial charge >= 0.3 is 0 Å². The molecule has 1 fully saturated rings. The normalized spacial score (nSPS) is 21.4. The third kappa shape index (κ3) is 3.95. The van der Waals surface area contributed by atoms with E-state index >= 15 is 0 Å². The zero-order valence-corrected chi connectivity index (χ0v) is 12.0. The Labute approximate surface area is 110 Å². The van der Waals surface area contributed by atoms with Crippen LogP contribution in [0.5, 0.6) is 0 Å². The second kappa shape index (κ2) is 6.02. The number of amides is 1. The van der Waals surface area contributed by atoms with Gasteiger partial charge in [0.2, 0.25) is 5.91 Å². The molecule has 1 aliphatic rings. The summed E-state index contributed by atoms with van der Waals surface area (Å²) in [5.41, 5.74) is 5.57. The highest BCUT2D eigenvalue weighted by Gasteiger charge is 2.33. The Kier molecular flexibility index (Phi) is 5.17. The van der Waals surface area contributed by atoms with E-state index in [-0.39, 0.29) is 23.3 Å². The van der Waals surface area contributed by atoms with Crippen molar-refractivity contribution in [3.05, 3.63) is 0 Å². The van der Waals surface area contributed by atoms with Crippen molar-refractivity contribution in [2.24, 2.45) is 16.6 Å². The zero-order valence-electron chi connectivity index (χ0n) is 12.0. The van der Waals surface area contributed by atoms with Crippen LogP contribution in [0.2, 0.25) is 0 Å². The molecule has 0 bridgehead atoms. The van der Waals surface area contributed by atoms with Gasteiger partial charge in [0.1, 0.15) is 0 Å². The fraction of sp³-hybridized carbons (Fsp3) is 0.929. The topological polar surface area (TPSA) is 75.4 Å². The number of hydrogen-bond acceptors (Lipinski definition) is 3. The van der Waals surface area contributed by atoms with E-state index in [4.69, 9.17) is 5.73 Å². The number of aliphatic hydroxyl groups excluding tert-OH is 1. The summed E-state index contributed by atoms with van der Waals surface area (Å²) in [5, 5.41) is 12.5. The molecule has 0 aromatic carbocycles. The quantitative estimate of drug-likeness (QED) is 0.712. The molecule has 106 valence electrons. The molecular weight excluding hydrogens is 228 g/mol. The fourth-order valence-corrected chi connectivity index (χ4v) is 2.47. The fourth-order valence-electron chi connectivity index (χ4n) is 2.47. The minimum Gasteiger partial charge on any atom is -0.396 e. The Balaban J connectivity index is 2.50. The van der Waals surface area contributed by atoms with Crippen LogP contribution in [0.4, 0.5) is 0 Å². The third-order valence-electron chi connectivity index (χ3n) is 4.10. The standard InChI is InChI=1S/C14H28N2O2/c1-13(2,3)11(15)12(18)16-9-14(10-17)7-5-4-6-8-14/h11,17H,4-10,15H2,1-3H3,(H,16,18). The van der Waals surface area contributed by atoms with Gasteiger partial charge in [-0.3, -0.25) is 4.79 Å². The highest BCUT2D eigenvalue weighted by atomic mass is 16.3. The first kappa shape index (κ1) is 15.4. The van der Waals surface area contributed by atoms with Gasteiger partial charge in [-0.15, -0.1) is 0 Å². The Morgan fingerprint density at radius 1 is 1.33 bits per heavy atom. The molecule has 0 radical (unpaired) electrons. The molecule has 0 aliphatic heterocycles. The molecule has 18 heavy (non-hydrogen) atoms. The summed E-state index contributed by atoms with van der Waals surface area (Å²) in [7, 11) is 0. The largest absolute Gasteiger partial charge is 0.396 e. The van der Waals surface area contributed by atoms with Crippen molar-refractivity contribution in [1.82, 2.24) is 5.32 Å². The number of nitrogens with one attached hydrogen (secondary N) is 1. The molecule has 0 aromatic rings. The maximum Gasteiger partial charge on any atom is 0.237 e.